The van der Waals surface area contributed by atoms with Crippen LogP contribution < -0.4 is 4.90 Å². The lowest BCUT2D eigenvalue weighted by Crippen LogP contribution is -2.35. The summed E-state index contributed by atoms with van der Waals surface area (Å²) in [5.41, 5.74) is -2.49. The van der Waals surface area contributed by atoms with Crippen LogP contribution in [0.5, 0.6) is 0 Å². The number of aromatic nitrogens is 2. The van der Waals surface area contributed by atoms with Crippen molar-refractivity contribution in [2.45, 2.75) is 50.9 Å². The maximum Gasteiger partial charge on any atom is 0.416 e. The Morgan fingerprint density at radius 2 is 1.67 bits per heavy atom. The highest BCUT2D eigenvalue weighted by Crippen LogP contribution is 2.39. The van der Waals surface area contributed by atoms with Gasteiger partial charge in [-0.05, 0) is 85.8 Å². The average molecular weight is 610 g/mol. The third kappa shape index (κ3) is 7.23. The number of hydrogen-bond acceptors (Lipinski definition) is 7. The number of Topliss-reactive ketones (excluding diaryl/α,β-unsaturated/α-hetero) is 1. The van der Waals surface area contributed by atoms with Gasteiger partial charge in [-0.1, -0.05) is 0 Å². The molecule has 0 amide bonds. The van der Waals surface area contributed by atoms with E-state index in [-0.39, 0.29) is 34.7 Å². The van der Waals surface area contributed by atoms with E-state index in [0.29, 0.717) is 46.8 Å². The topological polar surface area (TPSA) is 76.3 Å². The van der Waals surface area contributed by atoms with Crippen molar-refractivity contribution in [3.63, 3.8) is 0 Å². The van der Waals surface area contributed by atoms with Crippen molar-refractivity contribution < 1.29 is 40.3 Å². The molecule has 2 aromatic heterocycles. The first-order valence-corrected chi connectivity index (χ1v) is 14.1. The number of thioether (sulfide) groups is 1. The third-order valence-corrected chi connectivity index (χ3v) is 8.15. The Labute approximate surface area is 241 Å². The Hall–Kier alpha value is -3.61. The molecule has 0 radical (unpaired) electrons. The highest BCUT2D eigenvalue weighted by Gasteiger charge is 2.37. The van der Waals surface area contributed by atoms with Gasteiger partial charge in [-0.3, -0.25) is 9.59 Å². The van der Waals surface area contributed by atoms with Crippen molar-refractivity contribution in [1.29, 1.82) is 0 Å². The molecule has 0 spiro atoms. The van der Waals surface area contributed by atoms with Gasteiger partial charge in [-0.2, -0.15) is 26.3 Å². The van der Waals surface area contributed by atoms with E-state index < -0.39 is 23.5 Å². The maximum atomic E-state index is 13.2. The van der Waals surface area contributed by atoms with Crippen LogP contribution >= 0.6 is 11.8 Å². The molecule has 6 nitrogen and oxygen atoms in total. The molecule has 1 aromatic carbocycles. The van der Waals surface area contributed by atoms with Crippen molar-refractivity contribution in [2.75, 3.05) is 18.0 Å². The minimum absolute atomic E-state index is 0.0460. The van der Waals surface area contributed by atoms with Gasteiger partial charge < -0.3 is 9.32 Å². The van der Waals surface area contributed by atoms with Crippen LogP contribution in [0.15, 0.2) is 51.9 Å². The van der Waals surface area contributed by atoms with Gasteiger partial charge in [-0.15, -0.1) is 0 Å². The number of carbonyl (C=O) groups is 2. The van der Waals surface area contributed by atoms with Gasteiger partial charge in [0.1, 0.15) is 11.5 Å². The molecule has 0 unspecified atom stereocenters. The number of rotatable bonds is 7. The Morgan fingerprint density at radius 1 is 0.976 bits per heavy atom. The Bertz CT molecular complexity index is 1470. The summed E-state index contributed by atoms with van der Waals surface area (Å²) >= 11 is 0.929. The summed E-state index contributed by atoms with van der Waals surface area (Å²) < 4.78 is 84.9. The van der Waals surface area contributed by atoms with E-state index in [4.69, 9.17) is 4.42 Å². The van der Waals surface area contributed by atoms with Crippen molar-refractivity contribution in [1.82, 2.24) is 9.97 Å². The summed E-state index contributed by atoms with van der Waals surface area (Å²) in [5.74, 6) is 1.22. The SMILES string of the molecule is O=C1CC(=O)/C(=C/c2ccnc(N3CCC(CCCc4ccc(-c5cc(C(F)(F)F)cc(C(F)(F)F)c5)o4)CC3)n2)S1. The minimum Gasteiger partial charge on any atom is -0.461 e. The van der Waals surface area contributed by atoms with E-state index in [0.717, 1.165) is 50.5 Å². The zero-order valence-corrected chi connectivity index (χ0v) is 22.9. The zero-order chi connectivity index (χ0) is 30.1. The number of allylic oxidation sites excluding steroid dienone is 1. The fourth-order valence-corrected chi connectivity index (χ4v) is 5.84. The molecule has 0 bridgehead atoms. The first-order valence-electron chi connectivity index (χ1n) is 13.3. The van der Waals surface area contributed by atoms with Crippen LogP contribution in [0.2, 0.25) is 0 Å². The van der Waals surface area contributed by atoms with Crippen LogP contribution in [0.25, 0.3) is 17.4 Å². The van der Waals surface area contributed by atoms with Gasteiger partial charge in [-0.25, -0.2) is 9.97 Å². The number of alkyl halides is 6. The van der Waals surface area contributed by atoms with Gasteiger partial charge in [0.15, 0.2) is 5.78 Å². The van der Waals surface area contributed by atoms with E-state index >= 15 is 0 Å². The predicted molar refractivity (Wildman–Crippen MR) is 144 cm³/mol. The van der Waals surface area contributed by atoms with Crippen molar-refractivity contribution in [3.05, 3.63) is 70.1 Å². The van der Waals surface area contributed by atoms with Gasteiger partial charge >= 0.3 is 12.4 Å². The van der Waals surface area contributed by atoms with Gasteiger partial charge in [0.05, 0.1) is 28.1 Å². The first-order chi connectivity index (χ1) is 19.8. The zero-order valence-electron chi connectivity index (χ0n) is 22.1. The molecule has 2 fully saturated rings. The molecule has 2 aliphatic heterocycles. The van der Waals surface area contributed by atoms with E-state index in [1.807, 2.05) is 0 Å². The van der Waals surface area contributed by atoms with Crippen LogP contribution in [0, 0.1) is 5.92 Å². The number of benzene rings is 1. The number of nitrogens with zero attached hydrogens (tertiary/aromatic N) is 3. The second-order valence-electron chi connectivity index (χ2n) is 10.2. The molecule has 13 heteroatoms. The minimum atomic E-state index is -4.93. The number of furan rings is 1. The fraction of sp³-hybridized carbons (Fsp3) is 0.379. The van der Waals surface area contributed by atoms with Crippen LogP contribution in [0.1, 0.15) is 54.7 Å². The van der Waals surface area contributed by atoms with E-state index in [2.05, 4.69) is 14.9 Å². The maximum absolute atomic E-state index is 13.2. The van der Waals surface area contributed by atoms with Crippen LogP contribution in [-0.2, 0) is 28.4 Å². The van der Waals surface area contributed by atoms with Crippen LogP contribution in [-0.4, -0.2) is 34.0 Å². The molecule has 5 rings (SSSR count). The molecule has 2 saturated heterocycles. The van der Waals surface area contributed by atoms with Gasteiger partial charge in [0.2, 0.25) is 11.1 Å². The smallest absolute Gasteiger partial charge is 0.416 e. The predicted octanol–water partition coefficient (Wildman–Crippen LogP) is 7.59. The Kier molecular flexibility index (Phi) is 8.49. The molecule has 0 N–H and O–H groups in total. The first kappa shape index (κ1) is 29.9. The van der Waals surface area contributed by atoms with Gasteiger partial charge in [0, 0.05) is 31.3 Å². The summed E-state index contributed by atoms with van der Waals surface area (Å²) in [6.07, 6.45) is -2.80. The number of carbonyl (C=O) groups excluding carboxylic acids is 2. The van der Waals surface area contributed by atoms with E-state index in [1.54, 1.807) is 24.4 Å². The largest absolute Gasteiger partial charge is 0.461 e. The van der Waals surface area contributed by atoms with E-state index in [9.17, 15) is 35.9 Å². The fourth-order valence-electron chi connectivity index (χ4n) is 5.02. The summed E-state index contributed by atoms with van der Waals surface area (Å²) in [6.45, 7) is 1.47. The number of hydrogen-bond donors (Lipinski definition) is 0. The molecule has 0 aliphatic carbocycles. The highest BCUT2D eigenvalue weighted by molar-refractivity contribution is 8.18. The second-order valence-corrected chi connectivity index (χ2v) is 11.3. The van der Waals surface area contributed by atoms with Crippen LogP contribution in [0.3, 0.4) is 0 Å². The number of ketones is 1. The monoisotopic (exact) mass is 609 g/mol. The molecule has 4 heterocycles. The van der Waals surface area contributed by atoms with E-state index in [1.165, 1.54) is 6.07 Å². The van der Waals surface area contributed by atoms with Crippen molar-refractivity contribution >= 4 is 34.7 Å². The lowest BCUT2D eigenvalue weighted by Gasteiger charge is -2.32. The Balaban J connectivity index is 1.14. The molecule has 222 valence electrons. The lowest BCUT2D eigenvalue weighted by atomic mass is 9.91. The number of halogens is 6. The highest BCUT2D eigenvalue weighted by atomic mass is 32.2. The summed E-state index contributed by atoms with van der Waals surface area (Å²) in [4.78, 5) is 34.7. The molecule has 2 aliphatic rings. The second kappa shape index (κ2) is 11.9. The average Bonchev–Trinajstić information content (AvgIpc) is 3.53. The molecular weight excluding hydrogens is 584 g/mol. The lowest BCUT2D eigenvalue weighted by molar-refractivity contribution is -0.143. The third-order valence-electron chi connectivity index (χ3n) is 7.21. The van der Waals surface area contributed by atoms with Crippen LogP contribution in [0.4, 0.5) is 32.3 Å². The normalized spacial score (nSPS) is 18.0. The summed E-state index contributed by atoms with van der Waals surface area (Å²) in [6, 6.07) is 6.08. The van der Waals surface area contributed by atoms with Gasteiger partial charge in [0.25, 0.3) is 0 Å². The summed E-state index contributed by atoms with van der Waals surface area (Å²) in [7, 11) is 0. The summed E-state index contributed by atoms with van der Waals surface area (Å²) in [5, 5.41) is -0.176. The quantitative estimate of drug-likeness (QED) is 0.155. The Morgan fingerprint density at radius 3 is 2.29 bits per heavy atom. The number of piperidine rings is 1. The van der Waals surface area contributed by atoms with Crippen molar-refractivity contribution in [3.8, 4) is 11.3 Å². The number of aryl methyl sites for hydroxylation is 1. The molecule has 42 heavy (non-hydrogen) atoms. The standard InChI is InChI=1S/C29H25F6N3O3S/c30-28(31,32)19-12-18(13-20(14-19)29(33,34)35)24-5-4-22(41-24)3-1-2-17-7-10-38(11-8-17)27-36-9-6-21(37-27)15-25-23(39)16-26(40)42-25/h4-6,9,12-15,17H,1-3,7-8,10-11,16H2/b25-15-. The van der Waals surface area contributed by atoms with Crippen molar-refractivity contribution in [2.24, 2.45) is 5.92 Å². The molecular formula is C29H25F6N3O3S. The molecule has 0 atom stereocenters. The molecule has 0 saturated carbocycles. The number of anilines is 1. The molecule has 3 aromatic rings.